The Kier molecular flexibility index (Phi) is 12.6. The monoisotopic (exact) mass is 1370 g/mol. The van der Waals surface area contributed by atoms with Gasteiger partial charge in [-0.05, 0) is 135 Å². The third-order valence-corrected chi connectivity index (χ3v) is 22.1. The third-order valence-electron chi connectivity index (χ3n) is 22.1. The van der Waals surface area contributed by atoms with Crippen LogP contribution in [0.15, 0.2) is 360 Å². The van der Waals surface area contributed by atoms with Crippen molar-refractivity contribution in [2.24, 2.45) is 0 Å². The zero-order chi connectivity index (χ0) is 70.1. The van der Waals surface area contributed by atoms with Crippen molar-refractivity contribution >= 4 is 187 Å². The van der Waals surface area contributed by atoms with Crippen LogP contribution in [0.25, 0.3) is 198 Å². The van der Waals surface area contributed by atoms with E-state index in [9.17, 15) is 0 Å². The summed E-state index contributed by atoms with van der Waals surface area (Å²) in [5.74, 6) is 0. The number of anilines is 6. The Morgan fingerprint density at radius 3 is 0.860 bits per heavy atom. The first-order chi connectivity index (χ1) is 53.0. The van der Waals surface area contributed by atoms with Crippen molar-refractivity contribution in [3.63, 3.8) is 0 Å². The van der Waals surface area contributed by atoms with Crippen LogP contribution >= 0.6 is 0 Å². The zero-order valence-electron chi connectivity index (χ0n) is 57.6. The fourth-order valence-corrected chi connectivity index (χ4v) is 17.2. The lowest BCUT2D eigenvalue weighted by Crippen LogP contribution is -2.10. The first-order valence-corrected chi connectivity index (χ1v) is 36.2. The zero-order valence-corrected chi connectivity index (χ0v) is 57.6. The van der Waals surface area contributed by atoms with Crippen LogP contribution in [-0.4, -0.2) is 0 Å². The van der Waals surface area contributed by atoms with Crippen molar-refractivity contribution in [3.8, 4) is 44.5 Å². The molecule has 0 aliphatic rings. The maximum absolute atomic E-state index is 7.22. The van der Waals surface area contributed by atoms with E-state index >= 15 is 0 Å². The molecular weight excluding hydrogens is 1310 g/mol. The average molecular weight is 1370 g/mol. The standard InChI is InChI=1S/C99H58N2O6/c1-57-50-81-80-53-62-46-48-66(100(83-42-18-38-76-72-34-14-30-68(90(72)104-94(76)83)58-22-6-2-7-23-58)84-43-19-39-77-73-35-15-31-69(91(73)105-95(77)84)59-24-8-3-9-25-59)51-64(62)55-87(80)102-98(81)99-89(57)82-54-63-47-49-67(52-65(63)56-88(82)103-99)101(85-44-20-40-78-74-36-16-32-70(92(74)106-96(78)85)60-26-10-4-11-27-60)86-45-21-41-79-75-37-17-33-71(93(75)107-97(79)86)61-28-12-5-13-29-61/h2-56H,1H3. The molecule has 0 N–H and O–H groups in total. The predicted octanol–water partition coefficient (Wildman–Crippen LogP) is 29.3. The van der Waals surface area contributed by atoms with Crippen LogP contribution in [0.4, 0.5) is 34.1 Å². The molecular formula is C99H58N2O6. The molecule has 0 unspecified atom stereocenters. The first kappa shape index (κ1) is 59.2. The number of benzene rings is 17. The van der Waals surface area contributed by atoms with E-state index in [1.807, 2.05) is 24.3 Å². The minimum atomic E-state index is 0.700. The molecule has 8 nitrogen and oxygen atoms in total. The number of nitrogens with zero attached hydrogens (tertiary/aromatic N) is 2. The summed E-state index contributed by atoms with van der Waals surface area (Å²) in [6.45, 7) is 2.18. The Morgan fingerprint density at radius 1 is 0.196 bits per heavy atom. The lowest BCUT2D eigenvalue weighted by atomic mass is 10.00. The van der Waals surface area contributed by atoms with Crippen LogP contribution in [0.5, 0.6) is 0 Å². The van der Waals surface area contributed by atoms with E-state index in [1.165, 1.54) is 0 Å². The molecule has 107 heavy (non-hydrogen) atoms. The van der Waals surface area contributed by atoms with Crippen LogP contribution in [0, 0.1) is 6.92 Å². The number of hydrogen-bond acceptors (Lipinski definition) is 8. The van der Waals surface area contributed by atoms with Crippen molar-refractivity contribution in [1.29, 1.82) is 0 Å². The van der Waals surface area contributed by atoms with Gasteiger partial charge in [0.05, 0.1) is 22.7 Å². The molecule has 500 valence electrons. The largest absolute Gasteiger partial charge is 0.453 e. The number of furan rings is 6. The SMILES string of the molecule is Cc1cc2c3cc4ccc(N(c5cccc6c5oc5c(-c7ccccc7)cccc56)c5cccc6c5oc5c(-c7ccccc7)cccc56)cc4cc3oc2c2oc3cc4cc(N(c5cccc6c5oc5c(-c7ccccc7)cccc56)c5cccc6c5oc5c(-c7ccccc7)cccc56)ccc4cc3c12. The Hall–Kier alpha value is -14.3. The molecule has 6 aromatic heterocycles. The quantitative estimate of drug-likeness (QED) is 0.134. The molecule has 0 atom stereocenters. The highest BCUT2D eigenvalue weighted by Gasteiger charge is 2.29. The molecule has 0 spiro atoms. The van der Waals surface area contributed by atoms with Gasteiger partial charge in [0.25, 0.3) is 0 Å². The van der Waals surface area contributed by atoms with Crippen molar-refractivity contribution in [2.75, 3.05) is 9.80 Å². The molecule has 0 fully saturated rings. The number of aryl methyl sites for hydroxylation is 1. The Labute approximate surface area is 610 Å². The molecule has 0 amide bonds. The second-order valence-electron chi connectivity index (χ2n) is 28.1. The van der Waals surface area contributed by atoms with Crippen LogP contribution in [0.3, 0.4) is 0 Å². The van der Waals surface area contributed by atoms with E-state index in [-0.39, 0.29) is 0 Å². The summed E-state index contributed by atoms with van der Waals surface area (Å²) in [5.41, 5.74) is 24.2. The van der Waals surface area contributed by atoms with Gasteiger partial charge in [0.2, 0.25) is 0 Å². The summed E-state index contributed by atoms with van der Waals surface area (Å²) in [5, 5.41) is 16.4. The van der Waals surface area contributed by atoms with E-state index in [2.05, 4.69) is 326 Å². The number of fused-ring (bicyclic) bond motifs is 21. The second kappa shape index (κ2) is 22.8. The molecule has 0 saturated heterocycles. The van der Waals surface area contributed by atoms with Crippen molar-refractivity contribution in [3.05, 3.63) is 339 Å². The van der Waals surface area contributed by atoms with Crippen molar-refractivity contribution in [2.45, 2.75) is 6.92 Å². The third kappa shape index (κ3) is 8.90. The highest BCUT2D eigenvalue weighted by Crippen LogP contribution is 2.53. The highest BCUT2D eigenvalue weighted by molar-refractivity contribution is 6.24. The maximum atomic E-state index is 7.22. The molecule has 0 bridgehead atoms. The minimum Gasteiger partial charge on any atom is -0.453 e. The van der Waals surface area contributed by atoms with E-state index in [0.29, 0.717) is 11.2 Å². The van der Waals surface area contributed by atoms with Gasteiger partial charge in [-0.25, -0.2) is 0 Å². The van der Waals surface area contributed by atoms with Gasteiger partial charge in [0.1, 0.15) is 33.5 Å². The maximum Gasteiger partial charge on any atom is 0.178 e. The van der Waals surface area contributed by atoms with Gasteiger partial charge < -0.3 is 36.3 Å². The van der Waals surface area contributed by atoms with Crippen molar-refractivity contribution < 1.29 is 26.5 Å². The van der Waals surface area contributed by atoms with Gasteiger partial charge >= 0.3 is 0 Å². The van der Waals surface area contributed by atoms with Crippen LogP contribution < -0.4 is 9.80 Å². The first-order valence-electron chi connectivity index (χ1n) is 36.2. The number of para-hydroxylation sites is 8. The van der Waals surface area contributed by atoms with E-state index in [1.54, 1.807) is 0 Å². The van der Waals surface area contributed by atoms with Gasteiger partial charge in [-0.3, -0.25) is 0 Å². The molecule has 0 saturated carbocycles. The molecule has 0 aliphatic heterocycles. The van der Waals surface area contributed by atoms with Gasteiger partial charge in [-0.2, -0.15) is 0 Å². The van der Waals surface area contributed by atoms with Gasteiger partial charge in [0.15, 0.2) is 33.5 Å². The molecule has 23 aromatic rings. The predicted molar refractivity (Wildman–Crippen MR) is 441 cm³/mol. The van der Waals surface area contributed by atoms with Gasteiger partial charge in [-0.1, -0.05) is 255 Å². The summed E-state index contributed by atoms with van der Waals surface area (Å²) in [7, 11) is 0. The summed E-state index contributed by atoms with van der Waals surface area (Å²) in [6, 6.07) is 118. The molecule has 0 radical (unpaired) electrons. The fourth-order valence-electron chi connectivity index (χ4n) is 17.2. The molecule has 23 rings (SSSR count). The van der Waals surface area contributed by atoms with E-state index < -0.39 is 0 Å². The Morgan fingerprint density at radius 2 is 0.505 bits per heavy atom. The summed E-state index contributed by atoms with van der Waals surface area (Å²) in [6.07, 6.45) is 0. The van der Waals surface area contributed by atoms with Gasteiger partial charge in [0, 0.05) is 98.3 Å². The van der Waals surface area contributed by atoms with Crippen LogP contribution in [0.1, 0.15) is 5.56 Å². The molecule has 6 heterocycles. The van der Waals surface area contributed by atoms with E-state index in [0.717, 1.165) is 226 Å². The summed E-state index contributed by atoms with van der Waals surface area (Å²) < 4.78 is 43.3. The van der Waals surface area contributed by atoms with Crippen LogP contribution in [0.2, 0.25) is 0 Å². The van der Waals surface area contributed by atoms with E-state index in [4.69, 9.17) is 26.5 Å². The average Bonchev–Trinajstić information content (AvgIpc) is 1.56. The molecule has 0 aliphatic carbocycles. The lowest BCUT2D eigenvalue weighted by Gasteiger charge is -2.26. The minimum absolute atomic E-state index is 0.700. The van der Waals surface area contributed by atoms with Crippen LogP contribution in [-0.2, 0) is 0 Å². The summed E-state index contributed by atoms with van der Waals surface area (Å²) in [4.78, 5) is 4.61. The second-order valence-corrected chi connectivity index (χ2v) is 28.1. The summed E-state index contributed by atoms with van der Waals surface area (Å²) >= 11 is 0. The number of hydrogen-bond donors (Lipinski definition) is 0. The highest BCUT2D eigenvalue weighted by atomic mass is 16.4. The topological polar surface area (TPSA) is 85.3 Å². The van der Waals surface area contributed by atoms with Crippen molar-refractivity contribution in [1.82, 2.24) is 0 Å². The smallest absolute Gasteiger partial charge is 0.178 e. The number of rotatable bonds is 10. The molecule has 17 aromatic carbocycles. The lowest BCUT2D eigenvalue weighted by molar-refractivity contribution is 0.633. The normalized spacial score (nSPS) is 12.2. The molecule has 8 heteroatoms. The Balaban J connectivity index is 0.686. The Bertz CT molecular complexity index is 7330. The fraction of sp³-hybridized carbons (Fsp3) is 0.0101. The van der Waals surface area contributed by atoms with Gasteiger partial charge in [-0.15, -0.1) is 0 Å².